The van der Waals surface area contributed by atoms with E-state index in [0.29, 0.717) is 11.1 Å². The lowest BCUT2D eigenvalue weighted by Crippen LogP contribution is -1.94. The average molecular weight is 386 g/mol. The predicted octanol–water partition coefficient (Wildman–Crippen LogP) is 1.36. The molecule has 0 fully saturated rings. The Hall–Kier alpha value is -2.97. The Morgan fingerprint density at radius 3 is 1.18 bits per heavy atom. The maximum Gasteiger partial charge on any atom is 0.178 e. The molecule has 2 rings (SSSR count). The monoisotopic (exact) mass is 386 g/mol. The second-order valence-electron chi connectivity index (χ2n) is 6.08. The van der Waals surface area contributed by atoms with E-state index in [9.17, 15) is 35.4 Å². The Labute approximate surface area is 161 Å². The van der Waals surface area contributed by atoms with E-state index in [1.807, 2.05) is 0 Å². The number of phenols is 2. The van der Waals surface area contributed by atoms with Crippen molar-refractivity contribution in [1.29, 1.82) is 0 Å². The van der Waals surface area contributed by atoms with Crippen molar-refractivity contribution in [2.45, 2.75) is 26.4 Å². The molecule has 0 aliphatic rings. The topological polar surface area (TPSA) is 138 Å². The van der Waals surface area contributed by atoms with Crippen LogP contribution in [-0.2, 0) is 31.2 Å². The molecule has 2 aromatic rings. The standard InChI is InChI=1S/C21H22O7/c22-9-15-5-13(6-16(10-23)20(15)27)1-3-19(26)4-2-14-7-17(11-24)21(28)18(8-14)12-25/h1-8,22-25,27-28H,9-12H2. The van der Waals surface area contributed by atoms with Crippen LogP contribution in [0.25, 0.3) is 12.2 Å². The molecule has 0 heterocycles. The molecule has 0 amide bonds. The van der Waals surface area contributed by atoms with Crippen LogP contribution in [0.2, 0.25) is 0 Å². The molecule has 0 bridgehead atoms. The fourth-order valence-corrected chi connectivity index (χ4v) is 2.66. The van der Waals surface area contributed by atoms with Crippen LogP contribution in [0.5, 0.6) is 11.5 Å². The van der Waals surface area contributed by atoms with Gasteiger partial charge >= 0.3 is 0 Å². The Balaban J connectivity index is 2.20. The number of ketones is 1. The minimum absolute atomic E-state index is 0.180. The van der Waals surface area contributed by atoms with Crippen molar-refractivity contribution in [3.05, 3.63) is 69.8 Å². The summed E-state index contributed by atoms with van der Waals surface area (Å²) in [7, 11) is 0. The molecule has 0 aliphatic carbocycles. The van der Waals surface area contributed by atoms with Gasteiger partial charge in [0.25, 0.3) is 0 Å². The third kappa shape index (κ3) is 5.05. The van der Waals surface area contributed by atoms with Crippen molar-refractivity contribution in [2.75, 3.05) is 0 Å². The quantitative estimate of drug-likeness (QED) is 0.377. The predicted molar refractivity (Wildman–Crippen MR) is 103 cm³/mol. The van der Waals surface area contributed by atoms with Crippen LogP contribution in [-0.4, -0.2) is 36.4 Å². The first-order valence-corrected chi connectivity index (χ1v) is 8.46. The first-order valence-electron chi connectivity index (χ1n) is 8.46. The molecule has 0 unspecified atom stereocenters. The van der Waals surface area contributed by atoms with E-state index in [1.54, 1.807) is 0 Å². The van der Waals surface area contributed by atoms with Gasteiger partial charge in [0, 0.05) is 22.3 Å². The van der Waals surface area contributed by atoms with Crippen molar-refractivity contribution in [1.82, 2.24) is 0 Å². The maximum absolute atomic E-state index is 12.1. The fraction of sp³-hybridized carbons (Fsp3) is 0.190. The number of carbonyl (C=O) groups excluding carboxylic acids is 1. The molecule has 2 aromatic carbocycles. The number of allylic oxidation sites excluding steroid dienone is 2. The van der Waals surface area contributed by atoms with Crippen LogP contribution in [0.4, 0.5) is 0 Å². The van der Waals surface area contributed by atoms with Crippen molar-refractivity contribution in [3.63, 3.8) is 0 Å². The molecule has 7 heteroatoms. The normalized spacial score (nSPS) is 11.6. The minimum Gasteiger partial charge on any atom is -0.507 e. The van der Waals surface area contributed by atoms with E-state index >= 15 is 0 Å². The Morgan fingerprint density at radius 1 is 0.643 bits per heavy atom. The summed E-state index contributed by atoms with van der Waals surface area (Å²) in [5, 5.41) is 56.7. The summed E-state index contributed by atoms with van der Waals surface area (Å²) in [5.41, 5.74) is 2.03. The average Bonchev–Trinajstić information content (AvgIpc) is 2.71. The first kappa shape index (κ1) is 21.3. The molecule has 148 valence electrons. The Kier molecular flexibility index (Phi) is 7.48. The van der Waals surface area contributed by atoms with Crippen LogP contribution in [0.1, 0.15) is 33.4 Å². The summed E-state index contributed by atoms with van der Waals surface area (Å²) in [4.78, 5) is 12.1. The highest BCUT2D eigenvalue weighted by Gasteiger charge is 2.09. The second-order valence-corrected chi connectivity index (χ2v) is 6.08. The molecule has 0 spiro atoms. The van der Waals surface area contributed by atoms with Gasteiger partial charge in [-0.2, -0.15) is 0 Å². The summed E-state index contributed by atoms with van der Waals surface area (Å²) in [6, 6.07) is 6.01. The van der Waals surface area contributed by atoms with Crippen molar-refractivity contribution in [3.8, 4) is 11.5 Å². The van der Waals surface area contributed by atoms with Gasteiger partial charge in [0.1, 0.15) is 11.5 Å². The van der Waals surface area contributed by atoms with E-state index in [1.165, 1.54) is 48.6 Å². The summed E-state index contributed by atoms with van der Waals surface area (Å²) in [5.74, 6) is -0.714. The molecule has 7 nitrogen and oxygen atoms in total. The second kappa shape index (κ2) is 9.82. The van der Waals surface area contributed by atoms with E-state index in [4.69, 9.17) is 0 Å². The van der Waals surface area contributed by atoms with E-state index < -0.39 is 26.4 Å². The largest absolute Gasteiger partial charge is 0.507 e. The van der Waals surface area contributed by atoms with Crippen LogP contribution >= 0.6 is 0 Å². The highest BCUT2D eigenvalue weighted by atomic mass is 16.3. The molecule has 0 saturated heterocycles. The summed E-state index contributed by atoms with van der Waals surface area (Å²) < 4.78 is 0. The minimum atomic E-state index is -0.407. The Bertz CT molecular complexity index is 789. The zero-order valence-corrected chi connectivity index (χ0v) is 15.0. The van der Waals surface area contributed by atoms with Crippen molar-refractivity contribution in [2.24, 2.45) is 0 Å². The molecule has 0 saturated carbocycles. The lowest BCUT2D eigenvalue weighted by Gasteiger charge is -2.08. The number of aliphatic hydroxyl groups excluding tert-OH is 4. The van der Waals surface area contributed by atoms with E-state index in [0.717, 1.165) is 0 Å². The van der Waals surface area contributed by atoms with E-state index in [-0.39, 0.29) is 39.5 Å². The number of aromatic hydroxyl groups is 2. The number of carbonyl (C=O) groups is 1. The lowest BCUT2D eigenvalue weighted by atomic mass is 10.0. The van der Waals surface area contributed by atoms with Gasteiger partial charge < -0.3 is 30.6 Å². The summed E-state index contributed by atoms with van der Waals surface area (Å²) >= 11 is 0. The third-order valence-corrected chi connectivity index (χ3v) is 4.14. The maximum atomic E-state index is 12.1. The van der Waals surface area contributed by atoms with Gasteiger partial charge in [-0.15, -0.1) is 0 Å². The van der Waals surface area contributed by atoms with Gasteiger partial charge in [0.05, 0.1) is 26.4 Å². The first-order chi connectivity index (χ1) is 13.4. The van der Waals surface area contributed by atoms with Gasteiger partial charge in [-0.1, -0.05) is 12.2 Å². The van der Waals surface area contributed by atoms with Gasteiger partial charge in [0.15, 0.2) is 5.78 Å². The smallest absolute Gasteiger partial charge is 0.178 e. The summed E-state index contributed by atoms with van der Waals surface area (Å²) in [6.07, 6.45) is 5.54. The lowest BCUT2D eigenvalue weighted by molar-refractivity contribution is -0.110. The third-order valence-electron chi connectivity index (χ3n) is 4.14. The van der Waals surface area contributed by atoms with Crippen LogP contribution in [0, 0.1) is 0 Å². The molecule has 28 heavy (non-hydrogen) atoms. The molecule has 0 atom stereocenters. The number of hydrogen-bond acceptors (Lipinski definition) is 7. The number of hydrogen-bond donors (Lipinski definition) is 6. The molecule has 6 N–H and O–H groups in total. The zero-order valence-electron chi connectivity index (χ0n) is 15.0. The number of benzene rings is 2. The highest BCUT2D eigenvalue weighted by molar-refractivity contribution is 6.04. The molecular weight excluding hydrogens is 364 g/mol. The van der Waals surface area contributed by atoms with Gasteiger partial charge in [-0.3, -0.25) is 4.79 Å². The Morgan fingerprint density at radius 2 is 0.929 bits per heavy atom. The molecule has 0 radical (unpaired) electrons. The van der Waals surface area contributed by atoms with Crippen LogP contribution in [0.15, 0.2) is 36.4 Å². The van der Waals surface area contributed by atoms with Crippen LogP contribution < -0.4 is 0 Å². The van der Waals surface area contributed by atoms with Crippen molar-refractivity contribution < 1.29 is 35.4 Å². The van der Waals surface area contributed by atoms with Gasteiger partial charge in [-0.05, 0) is 47.5 Å². The number of rotatable bonds is 8. The van der Waals surface area contributed by atoms with E-state index in [2.05, 4.69) is 0 Å². The van der Waals surface area contributed by atoms with Crippen molar-refractivity contribution >= 4 is 17.9 Å². The zero-order chi connectivity index (χ0) is 20.7. The SMILES string of the molecule is O=C(C=Cc1cc(CO)c(O)c(CO)c1)C=Cc1cc(CO)c(O)c(CO)c1. The molecule has 0 aromatic heterocycles. The molecule has 0 aliphatic heterocycles. The van der Waals surface area contributed by atoms with Gasteiger partial charge in [-0.25, -0.2) is 0 Å². The molecular formula is C21H22O7. The number of aliphatic hydroxyl groups is 4. The van der Waals surface area contributed by atoms with Crippen LogP contribution in [0.3, 0.4) is 0 Å². The fourth-order valence-electron chi connectivity index (χ4n) is 2.66. The summed E-state index contributed by atoms with van der Waals surface area (Å²) in [6.45, 7) is -1.63. The van der Waals surface area contributed by atoms with Gasteiger partial charge in [0.2, 0.25) is 0 Å². The highest BCUT2D eigenvalue weighted by Crippen LogP contribution is 2.26.